The molecule has 0 heterocycles. The van der Waals surface area contributed by atoms with Gasteiger partial charge >= 0.3 is 0 Å². The van der Waals surface area contributed by atoms with Crippen LogP contribution in [0.15, 0.2) is 188 Å². The van der Waals surface area contributed by atoms with Crippen molar-refractivity contribution < 1.29 is 0 Å². The van der Waals surface area contributed by atoms with Crippen LogP contribution in [0, 0.1) is 0 Å². The molecule has 0 saturated heterocycles. The Morgan fingerprint density at radius 2 is 0.760 bits per heavy atom. The summed E-state index contributed by atoms with van der Waals surface area (Å²) in [6, 6.07) is 68.6. The van der Waals surface area contributed by atoms with Crippen molar-refractivity contribution in [3.8, 4) is 66.8 Å². The molecule has 0 amide bonds. The molecule has 0 bridgehead atoms. The van der Waals surface area contributed by atoms with Crippen molar-refractivity contribution in [2.75, 3.05) is 5.73 Å². The highest BCUT2D eigenvalue weighted by Crippen LogP contribution is 2.64. The van der Waals surface area contributed by atoms with Crippen LogP contribution in [-0.2, 0) is 5.41 Å². The molecule has 2 aliphatic rings. The third kappa shape index (κ3) is 4.01. The zero-order valence-corrected chi connectivity index (χ0v) is 27.5. The predicted molar refractivity (Wildman–Crippen MR) is 209 cm³/mol. The van der Waals surface area contributed by atoms with Gasteiger partial charge in [0.25, 0.3) is 0 Å². The summed E-state index contributed by atoms with van der Waals surface area (Å²) in [6.07, 6.45) is 0. The van der Waals surface area contributed by atoms with Crippen molar-refractivity contribution in [3.63, 3.8) is 0 Å². The summed E-state index contributed by atoms with van der Waals surface area (Å²) in [5.74, 6) is 0. The number of nitrogens with two attached hydrogens (primary N) is 1. The lowest BCUT2D eigenvalue weighted by Crippen LogP contribution is -2.26. The molecule has 2 aliphatic carbocycles. The monoisotopic (exact) mass is 635 g/mol. The Bertz CT molecular complexity index is 2590. The van der Waals surface area contributed by atoms with Gasteiger partial charge in [-0.2, -0.15) is 0 Å². The van der Waals surface area contributed by atoms with Gasteiger partial charge < -0.3 is 5.73 Å². The lowest BCUT2D eigenvalue weighted by Gasteiger charge is -2.32. The summed E-state index contributed by atoms with van der Waals surface area (Å²) in [5.41, 5.74) is 26.9. The normalized spacial score (nSPS) is 15.0. The van der Waals surface area contributed by atoms with Crippen LogP contribution in [-0.4, -0.2) is 0 Å². The van der Waals surface area contributed by atoms with Crippen molar-refractivity contribution >= 4 is 5.69 Å². The number of hydrogen-bond donors (Lipinski definition) is 1. The van der Waals surface area contributed by atoms with Gasteiger partial charge in [-0.15, -0.1) is 0 Å². The maximum Gasteiger partial charge on any atom is 0.0732 e. The highest BCUT2D eigenvalue weighted by molar-refractivity contribution is 6.00. The lowest BCUT2D eigenvalue weighted by atomic mass is 9.68. The molecular weight excluding hydrogens is 603 g/mol. The van der Waals surface area contributed by atoms with Crippen LogP contribution in [0.25, 0.3) is 66.8 Å². The van der Waals surface area contributed by atoms with E-state index in [1.54, 1.807) is 0 Å². The molecule has 1 spiro atoms. The molecule has 1 atom stereocenters. The molecule has 2 N–H and O–H groups in total. The van der Waals surface area contributed by atoms with Crippen LogP contribution in [0.2, 0.25) is 0 Å². The van der Waals surface area contributed by atoms with E-state index >= 15 is 0 Å². The maximum absolute atomic E-state index is 6.62. The quantitative estimate of drug-likeness (QED) is 0.191. The fraction of sp³-hybridized carbons (Fsp3) is 0.0204. The molecule has 8 aromatic carbocycles. The van der Waals surface area contributed by atoms with E-state index in [1.807, 2.05) is 6.07 Å². The first kappa shape index (κ1) is 28.6. The number of nitrogen functional groups attached to an aromatic ring is 1. The SMILES string of the molecule is Nc1ccc2c(c1)C1(c3ccccc3-2)c2ccccc2-c2cccc(-c3ccc(-c4ccccc4-c4ccccc4)c(-c4ccccc4)c3)c21. The molecule has 1 unspecified atom stereocenters. The molecule has 10 rings (SSSR count). The van der Waals surface area contributed by atoms with E-state index in [1.165, 1.54) is 89.0 Å². The summed E-state index contributed by atoms with van der Waals surface area (Å²) < 4.78 is 0. The molecule has 234 valence electrons. The Labute approximate surface area is 293 Å². The average molecular weight is 636 g/mol. The fourth-order valence-corrected chi connectivity index (χ4v) is 8.85. The smallest absolute Gasteiger partial charge is 0.0732 e. The van der Waals surface area contributed by atoms with Gasteiger partial charge in [-0.1, -0.05) is 170 Å². The molecule has 0 aliphatic heterocycles. The second-order valence-corrected chi connectivity index (χ2v) is 13.4. The summed E-state index contributed by atoms with van der Waals surface area (Å²) in [6.45, 7) is 0. The van der Waals surface area contributed by atoms with Crippen molar-refractivity contribution in [3.05, 3.63) is 210 Å². The molecule has 0 saturated carbocycles. The Kier molecular flexibility index (Phi) is 6.31. The topological polar surface area (TPSA) is 26.0 Å². The third-order valence-electron chi connectivity index (χ3n) is 10.8. The summed E-state index contributed by atoms with van der Waals surface area (Å²) in [7, 11) is 0. The number of hydrogen-bond acceptors (Lipinski definition) is 1. The Hall–Kier alpha value is -6.44. The van der Waals surface area contributed by atoms with E-state index in [0.717, 1.165) is 5.69 Å². The molecule has 0 aromatic heterocycles. The van der Waals surface area contributed by atoms with E-state index in [2.05, 4.69) is 182 Å². The second-order valence-electron chi connectivity index (χ2n) is 13.4. The minimum Gasteiger partial charge on any atom is -0.399 e. The summed E-state index contributed by atoms with van der Waals surface area (Å²) >= 11 is 0. The fourth-order valence-electron chi connectivity index (χ4n) is 8.85. The minimum absolute atomic E-state index is 0.491. The van der Waals surface area contributed by atoms with Gasteiger partial charge in [0, 0.05) is 5.69 Å². The highest BCUT2D eigenvalue weighted by Gasteiger charge is 2.52. The zero-order valence-electron chi connectivity index (χ0n) is 27.5. The first-order valence-corrected chi connectivity index (χ1v) is 17.3. The Morgan fingerprint density at radius 1 is 0.280 bits per heavy atom. The van der Waals surface area contributed by atoms with Gasteiger partial charge in [0.1, 0.15) is 0 Å². The highest BCUT2D eigenvalue weighted by atomic mass is 14.6. The van der Waals surface area contributed by atoms with Crippen LogP contribution in [0.3, 0.4) is 0 Å². The zero-order chi connectivity index (χ0) is 33.2. The van der Waals surface area contributed by atoms with Gasteiger partial charge in [0.2, 0.25) is 0 Å². The molecule has 1 nitrogen and oxygen atoms in total. The Morgan fingerprint density at radius 3 is 1.46 bits per heavy atom. The predicted octanol–water partition coefficient (Wildman–Crippen LogP) is 12.3. The number of rotatable bonds is 4. The van der Waals surface area contributed by atoms with E-state index in [0.29, 0.717) is 0 Å². The van der Waals surface area contributed by atoms with Gasteiger partial charge in [-0.3, -0.25) is 0 Å². The molecule has 50 heavy (non-hydrogen) atoms. The largest absolute Gasteiger partial charge is 0.399 e. The second kappa shape index (κ2) is 11.1. The Balaban J connectivity index is 1.27. The number of fused-ring (bicyclic) bond motifs is 10. The van der Waals surface area contributed by atoms with Crippen molar-refractivity contribution in [1.29, 1.82) is 0 Å². The van der Waals surface area contributed by atoms with Crippen molar-refractivity contribution in [2.24, 2.45) is 0 Å². The van der Waals surface area contributed by atoms with E-state index in [-0.39, 0.29) is 0 Å². The van der Waals surface area contributed by atoms with Gasteiger partial charge in [-0.25, -0.2) is 0 Å². The maximum atomic E-state index is 6.62. The molecule has 0 radical (unpaired) electrons. The van der Waals surface area contributed by atoms with Gasteiger partial charge in [0.15, 0.2) is 0 Å². The van der Waals surface area contributed by atoms with E-state index in [4.69, 9.17) is 5.73 Å². The molecule has 0 fully saturated rings. The first-order chi connectivity index (χ1) is 24.7. The number of anilines is 1. The molecule has 8 aromatic rings. The average Bonchev–Trinajstić information content (AvgIpc) is 3.65. The van der Waals surface area contributed by atoms with Crippen LogP contribution in [0.5, 0.6) is 0 Å². The van der Waals surface area contributed by atoms with Crippen LogP contribution < -0.4 is 5.73 Å². The van der Waals surface area contributed by atoms with Crippen LogP contribution in [0.1, 0.15) is 22.3 Å². The lowest BCUT2D eigenvalue weighted by molar-refractivity contribution is 0.796. The van der Waals surface area contributed by atoms with E-state index in [9.17, 15) is 0 Å². The van der Waals surface area contributed by atoms with Gasteiger partial charge in [-0.05, 0) is 107 Å². The van der Waals surface area contributed by atoms with Crippen molar-refractivity contribution in [2.45, 2.75) is 5.41 Å². The molecule has 1 heteroatoms. The number of benzene rings is 8. The van der Waals surface area contributed by atoms with Gasteiger partial charge in [0.05, 0.1) is 5.41 Å². The van der Waals surface area contributed by atoms with Crippen LogP contribution in [0.4, 0.5) is 5.69 Å². The van der Waals surface area contributed by atoms with Crippen LogP contribution >= 0.6 is 0 Å². The summed E-state index contributed by atoms with van der Waals surface area (Å²) in [5, 5.41) is 0. The summed E-state index contributed by atoms with van der Waals surface area (Å²) in [4.78, 5) is 0. The third-order valence-corrected chi connectivity index (χ3v) is 10.8. The van der Waals surface area contributed by atoms with Crippen molar-refractivity contribution in [1.82, 2.24) is 0 Å². The van der Waals surface area contributed by atoms with E-state index < -0.39 is 5.41 Å². The first-order valence-electron chi connectivity index (χ1n) is 17.3. The minimum atomic E-state index is -0.491. The standard InChI is InChI=1S/C49H33N/c50-35-27-29-42-40-20-9-11-24-45(40)49(47(42)31-35)46-25-12-10-21-41(46)43-23-13-22-37(48(43)49)34-26-28-39(44(30-34)33-16-5-2-6-17-33)38-19-8-7-18-36(38)32-14-3-1-4-15-32/h1-31H,50H2. The molecular formula is C49H33N.